The largest absolute Gasteiger partial charge is 0.788 e. The van der Waals surface area contributed by atoms with E-state index in [0.29, 0.717) is 0 Å². The quantitative estimate of drug-likeness (QED) is 0.344. The van der Waals surface area contributed by atoms with Gasteiger partial charge in [-0.2, -0.15) is 52.7 Å². The molecule has 0 radical (unpaired) electrons. The number of benzene rings is 2. The molecule has 0 bridgehead atoms. The van der Waals surface area contributed by atoms with Crippen molar-refractivity contribution in [2.24, 2.45) is 5.73 Å². The fourth-order valence-corrected chi connectivity index (χ4v) is 2.47. The van der Waals surface area contributed by atoms with E-state index >= 15 is 0 Å². The highest BCUT2D eigenvalue weighted by atomic mass is 19.4. The number of halogens is 12. The van der Waals surface area contributed by atoms with Gasteiger partial charge in [0.2, 0.25) is 0 Å². The van der Waals surface area contributed by atoms with Crippen molar-refractivity contribution >= 4 is 7.32 Å². The third kappa shape index (κ3) is 8.12. The number of hydrogen-bond donors (Lipinski definition) is 1. The van der Waals surface area contributed by atoms with E-state index in [1.54, 1.807) is 0 Å². The Kier molecular flexibility index (Phi) is 8.16. The Morgan fingerprint density at radius 2 is 0.829 bits per heavy atom. The SMILES string of the molecule is NCCOB(Oc1cc(C(F)(F)F)cc(C(F)(F)F)c1)Oc1cc(C(F)(F)F)cc(C(F)(F)F)c1. The molecule has 17 heteroatoms. The van der Waals surface area contributed by atoms with Gasteiger partial charge in [0.25, 0.3) is 0 Å². The second kappa shape index (κ2) is 10.0. The van der Waals surface area contributed by atoms with Gasteiger partial charge >= 0.3 is 32.0 Å². The molecular formula is C18H12BF12NO3. The second-order valence-corrected chi connectivity index (χ2v) is 6.67. The Morgan fingerprint density at radius 3 is 1.06 bits per heavy atom. The van der Waals surface area contributed by atoms with Gasteiger partial charge in [0.1, 0.15) is 11.5 Å². The predicted octanol–water partition coefficient (Wildman–Crippen LogP) is 6.18. The molecule has 2 rings (SSSR count). The minimum Gasteiger partial charge on any atom is -0.501 e. The van der Waals surface area contributed by atoms with Crippen LogP contribution in [-0.4, -0.2) is 20.5 Å². The van der Waals surface area contributed by atoms with Gasteiger partial charge in [0.15, 0.2) is 0 Å². The zero-order valence-corrected chi connectivity index (χ0v) is 16.8. The monoisotopic (exact) mass is 529 g/mol. The molecule has 4 nitrogen and oxygen atoms in total. The molecule has 0 aliphatic heterocycles. The lowest BCUT2D eigenvalue weighted by atomic mass is 10.1. The summed E-state index contributed by atoms with van der Waals surface area (Å²) in [7, 11) is -2.38. The first-order valence-corrected chi connectivity index (χ1v) is 9.04. The maximum atomic E-state index is 13.0. The molecule has 2 aromatic carbocycles. The summed E-state index contributed by atoms with van der Waals surface area (Å²) in [4.78, 5) is 0. The first-order valence-electron chi connectivity index (χ1n) is 9.04. The third-order valence-corrected chi connectivity index (χ3v) is 3.96. The van der Waals surface area contributed by atoms with E-state index in [0.717, 1.165) is 0 Å². The van der Waals surface area contributed by atoms with Gasteiger partial charge in [-0.3, -0.25) is 0 Å². The molecule has 0 heterocycles. The van der Waals surface area contributed by atoms with Crippen LogP contribution in [0.4, 0.5) is 52.7 Å². The molecule has 2 aromatic rings. The average molecular weight is 529 g/mol. The molecule has 0 aliphatic carbocycles. The van der Waals surface area contributed by atoms with Gasteiger partial charge in [-0.15, -0.1) is 0 Å². The molecule has 194 valence electrons. The predicted molar refractivity (Wildman–Crippen MR) is 94.9 cm³/mol. The summed E-state index contributed by atoms with van der Waals surface area (Å²) in [5.41, 5.74) is -2.07. The summed E-state index contributed by atoms with van der Waals surface area (Å²) < 4.78 is 171. The first kappa shape index (κ1) is 28.4. The molecule has 0 unspecified atom stereocenters. The fraction of sp³-hybridized carbons (Fsp3) is 0.333. The molecule has 2 N–H and O–H groups in total. The molecule has 0 saturated carbocycles. The lowest BCUT2D eigenvalue weighted by molar-refractivity contribution is -0.144. The van der Waals surface area contributed by atoms with Gasteiger partial charge in [0.05, 0.1) is 22.3 Å². The van der Waals surface area contributed by atoms with Crippen LogP contribution in [0.15, 0.2) is 36.4 Å². The van der Waals surface area contributed by atoms with E-state index in [2.05, 4.69) is 0 Å². The van der Waals surface area contributed by atoms with Crippen LogP contribution in [0.1, 0.15) is 22.3 Å². The van der Waals surface area contributed by atoms with Crippen molar-refractivity contribution in [1.29, 1.82) is 0 Å². The normalized spacial score (nSPS) is 13.1. The highest BCUT2D eigenvalue weighted by Crippen LogP contribution is 2.40. The van der Waals surface area contributed by atoms with Gasteiger partial charge in [-0.05, 0) is 36.4 Å². The Hall–Kier alpha value is -2.82. The van der Waals surface area contributed by atoms with E-state index in [-0.39, 0.29) is 42.9 Å². The van der Waals surface area contributed by atoms with Gasteiger partial charge in [-0.25, -0.2) is 0 Å². The van der Waals surface area contributed by atoms with E-state index in [1.807, 2.05) is 0 Å². The molecule has 0 spiro atoms. The Balaban J connectivity index is 2.50. The smallest absolute Gasteiger partial charge is 0.501 e. The third-order valence-electron chi connectivity index (χ3n) is 3.96. The van der Waals surface area contributed by atoms with E-state index in [4.69, 9.17) is 19.7 Å². The van der Waals surface area contributed by atoms with E-state index in [9.17, 15) is 52.7 Å². The number of hydrogen-bond acceptors (Lipinski definition) is 4. The van der Waals surface area contributed by atoms with Crippen LogP contribution in [0.2, 0.25) is 0 Å². The zero-order chi connectivity index (χ0) is 26.8. The van der Waals surface area contributed by atoms with Crippen LogP contribution in [-0.2, 0) is 29.4 Å². The lowest BCUT2D eigenvalue weighted by Gasteiger charge is -2.20. The maximum absolute atomic E-state index is 13.0. The summed E-state index contributed by atoms with van der Waals surface area (Å²) in [5.74, 6) is -2.31. The molecule has 0 aromatic heterocycles. The van der Waals surface area contributed by atoms with Crippen LogP contribution in [0.5, 0.6) is 11.5 Å². The van der Waals surface area contributed by atoms with Crippen molar-refractivity contribution in [2.75, 3.05) is 13.2 Å². The lowest BCUT2D eigenvalue weighted by Crippen LogP contribution is -2.36. The van der Waals surface area contributed by atoms with Crippen molar-refractivity contribution < 1.29 is 66.6 Å². The summed E-state index contributed by atoms with van der Waals surface area (Å²) in [6.45, 7) is -0.892. The molecule has 0 fully saturated rings. The molecule has 0 saturated heterocycles. The summed E-state index contributed by atoms with van der Waals surface area (Å²) in [5, 5.41) is 0. The van der Waals surface area contributed by atoms with Gasteiger partial charge < -0.3 is 19.7 Å². The molecule has 0 amide bonds. The molecular weight excluding hydrogens is 517 g/mol. The van der Waals surface area contributed by atoms with E-state index in [1.165, 1.54) is 0 Å². The zero-order valence-electron chi connectivity index (χ0n) is 16.8. The van der Waals surface area contributed by atoms with Crippen molar-refractivity contribution in [3.8, 4) is 11.5 Å². The molecule has 0 atom stereocenters. The first-order chi connectivity index (χ1) is 15.8. The Labute approximate surface area is 188 Å². The Morgan fingerprint density at radius 1 is 0.543 bits per heavy atom. The molecule has 35 heavy (non-hydrogen) atoms. The van der Waals surface area contributed by atoms with Crippen LogP contribution >= 0.6 is 0 Å². The van der Waals surface area contributed by atoms with Crippen LogP contribution in [0, 0.1) is 0 Å². The topological polar surface area (TPSA) is 53.7 Å². The number of rotatable bonds is 7. The second-order valence-electron chi connectivity index (χ2n) is 6.67. The Bertz CT molecular complexity index is 876. The summed E-state index contributed by atoms with van der Waals surface area (Å²) in [6.07, 6.45) is -21.1. The van der Waals surface area contributed by atoms with Gasteiger partial charge in [-0.1, -0.05) is 0 Å². The van der Waals surface area contributed by atoms with Crippen molar-refractivity contribution in [2.45, 2.75) is 24.7 Å². The van der Waals surface area contributed by atoms with Gasteiger partial charge in [0, 0.05) is 13.2 Å². The van der Waals surface area contributed by atoms with Crippen LogP contribution in [0.25, 0.3) is 0 Å². The van der Waals surface area contributed by atoms with Crippen LogP contribution in [0.3, 0.4) is 0 Å². The van der Waals surface area contributed by atoms with Crippen LogP contribution < -0.4 is 15.0 Å². The number of alkyl halides is 12. The fourth-order valence-electron chi connectivity index (χ4n) is 2.47. The van der Waals surface area contributed by atoms with E-state index < -0.39 is 72.4 Å². The minimum absolute atomic E-state index is 0.102. The number of nitrogens with two attached hydrogens (primary N) is 1. The highest BCUT2D eigenvalue weighted by Gasteiger charge is 2.40. The highest BCUT2D eigenvalue weighted by molar-refractivity contribution is 6.38. The van der Waals surface area contributed by atoms with Crippen molar-refractivity contribution in [1.82, 2.24) is 0 Å². The summed E-state index contributed by atoms with van der Waals surface area (Å²) >= 11 is 0. The minimum atomic E-state index is -5.27. The van der Waals surface area contributed by atoms with Crippen molar-refractivity contribution in [3.63, 3.8) is 0 Å². The average Bonchev–Trinajstić information content (AvgIpc) is 2.69. The standard InChI is InChI=1S/C18H12BF12NO3/c20-15(21,22)9-3-10(16(23,24)25)6-13(5-9)34-19(33-2-1-32)35-14-7-11(17(26,27)28)4-12(8-14)18(29,30)31/h3-8H,1-2,32H2. The molecule has 0 aliphatic rings. The van der Waals surface area contributed by atoms with Crippen molar-refractivity contribution in [3.05, 3.63) is 58.7 Å². The summed E-state index contributed by atoms with van der Waals surface area (Å²) in [6, 6.07) is -0.0531. The maximum Gasteiger partial charge on any atom is 0.788 e.